The fourth-order valence-electron chi connectivity index (χ4n) is 3.28. The summed E-state index contributed by atoms with van der Waals surface area (Å²) in [6.07, 6.45) is 5.04. The summed E-state index contributed by atoms with van der Waals surface area (Å²) in [5, 5.41) is 7.83. The van der Waals surface area contributed by atoms with Crippen molar-refractivity contribution < 1.29 is 22.8 Å². The molecule has 1 heterocycles. The van der Waals surface area contributed by atoms with Gasteiger partial charge in [-0.05, 0) is 37.1 Å². The van der Waals surface area contributed by atoms with E-state index in [0.29, 0.717) is 24.7 Å². The van der Waals surface area contributed by atoms with E-state index in [1.165, 1.54) is 6.26 Å². The molecule has 1 aromatic heterocycles. The number of nitrogens with one attached hydrogen (secondary N) is 3. The molecule has 6 nitrogen and oxygen atoms in total. The highest BCUT2D eigenvalue weighted by Crippen LogP contribution is 2.29. The van der Waals surface area contributed by atoms with Crippen LogP contribution in [0.3, 0.4) is 0 Å². The van der Waals surface area contributed by atoms with Gasteiger partial charge < -0.3 is 20.4 Å². The molecule has 1 aliphatic rings. The number of hydrogen-bond donors (Lipinski definition) is 3. The van der Waals surface area contributed by atoms with Crippen LogP contribution in [0.25, 0.3) is 0 Å². The maximum absolute atomic E-state index is 13.7. The fourth-order valence-corrected chi connectivity index (χ4v) is 3.28. The van der Waals surface area contributed by atoms with E-state index >= 15 is 0 Å². The van der Waals surface area contributed by atoms with Crippen molar-refractivity contribution in [3.8, 4) is 0 Å². The first-order valence-electron chi connectivity index (χ1n) is 8.83. The summed E-state index contributed by atoms with van der Waals surface area (Å²) in [5.41, 5.74) is -1.23. The summed E-state index contributed by atoms with van der Waals surface area (Å²) < 4.78 is 31.9. The highest BCUT2D eigenvalue weighted by molar-refractivity contribution is 5.96. The summed E-state index contributed by atoms with van der Waals surface area (Å²) in [4.78, 5) is 25.2. The molecule has 1 fully saturated rings. The second kappa shape index (κ2) is 8.20. The average molecular weight is 377 g/mol. The third-order valence-electron chi connectivity index (χ3n) is 4.68. The van der Waals surface area contributed by atoms with Crippen molar-refractivity contribution >= 4 is 17.6 Å². The minimum absolute atomic E-state index is 0.157. The Morgan fingerprint density at radius 1 is 1.11 bits per heavy atom. The highest BCUT2D eigenvalue weighted by atomic mass is 19.1. The first-order valence-corrected chi connectivity index (χ1v) is 8.83. The second-order valence-corrected chi connectivity index (χ2v) is 6.61. The topological polar surface area (TPSA) is 83.4 Å². The highest BCUT2D eigenvalue weighted by Gasteiger charge is 2.40. The van der Waals surface area contributed by atoms with E-state index < -0.39 is 23.2 Å². The van der Waals surface area contributed by atoms with E-state index in [0.717, 1.165) is 31.4 Å². The Kier molecular flexibility index (Phi) is 5.73. The quantitative estimate of drug-likeness (QED) is 0.743. The van der Waals surface area contributed by atoms with Crippen molar-refractivity contribution in [2.45, 2.75) is 44.2 Å². The molecule has 2 aromatic rings. The van der Waals surface area contributed by atoms with E-state index in [2.05, 4.69) is 16.0 Å². The number of urea groups is 1. The monoisotopic (exact) mass is 377 g/mol. The molecule has 144 valence electrons. The number of furan rings is 1. The van der Waals surface area contributed by atoms with Crippen LogP contribution >= 0.6 is 0 Å². The van der Waals surface area contributed by atoms with Crippen LogP contribution in [0.15, 0.2) is 41.0 Å². The third-order valence-corrected chi connectivity index (χ3v) is 4.68. The number of hydrogen-bond acceptors (Lipinski definition) is 3. The molecule has 0 spiro atoms. The molecule has 3 N–H and O–H groups in total. The Hall–Kier alpha value is -2.90. The van der Waals surface area contributed by atoms with Gasteiger partial charge in [0.1, 0.15) is 22.9 Å². The van der Waals surface area contributed by atoms with Crippen LogP contribution in [0.4, 0.5) is 19.3 Å². The predicted molar refractivity (Wildman–Crippen MR) is 94.9 cm³/mol. The number of benzene rings is 1. The van der Waals surface area contributed by atoms with Crippen LogP contribution < -0.4 is 16.0 Å². The van der Waals surface area contributed by atoms with Crippen molar-refractivity contribution in [3.05, 3.63) is 54.0 Å². The van der Waals surface area contributed by atoms with Gasteiger partial charge in [-0.1, -0.05) is 19.3 Å². The van der Waals surface area contributed by atoms with Gasteiger partial charge in [-0.3, -0.25) is 4.79 Å². The lowest BCUT2D eigenvalue weighted by Crippen LogP contribution is -2.60. The number of amides is 3. The molecule has 1 aliphatic carbocycles. The van der Waals surface area contributed by atoms with Crippen LogP contribution in [0, 0.1) is 11.6 Å². The molecular formula is C19H21F2N3O3. The SMILES string of the molecule is O=C(Nc1ccc(F)cc1F)NC1(C(=O)NCc2ccco2)CCCCC1. The van der Waals surface area contributed by atoms with Gasteiger partial charge in [-0.25, -0.2) is 13.6 Å². The summed E-state index contributed by atoms with van der Waals surface area (Å²) in [5.74, 6) is -1.33. The molecule has 27 heavy (non-hydrogen) atoms. The van der Waals surface area contributed by atoms with Crippen molar-refractivity contribution in [1.29, 1.82) is 0 Å². The first kappa shape index (κ1) is 18.9. The molecule has 0 unspecified atom stereocenters. The van der Waals surface area contributed by atoms with Crippen LogP contribution in [-0.4, -0.2) is 17.5 Å². The lowest BCUT2D eigenvalue weighted by atomic mass is 9.81. The number of carbonyl (C=O) groups excluding carboxylic acids is 2. The zero-order chi connectivity index (χ0) is 19.3. The number of anilines is 1. The summed E-state index contributed by atoms with van der Waals surface area (Å²) >= 11 is 0. The van der Waals surface area contributed by atoms with Crippen molar-refractivity contribution in [1.82, 2.24) is 10.6 Å². The second-order valence-electron chi connectivity index (χ2n) is 6.61. The van der Waals surface area contributed by atoms with Crippen molar-refractivity contribution in [2.24, 2.45) is 0 Å². The van der Waals surface area contributed by atoms with E-state index in [1.54, 1.807) is 12.1 Å². The Bertz CT molecular complexity index is 803. The molecule has 1 saturated carbocycles. The largest absolute Gasteiger partial charge is 0.467 e. The average Bonchev–Trinajstić information content (AvgIpc) is 3.16. The van der Waals surface area contributed by atoms with Crippen LogP contribution in [0.1, 0.15) is 37.9 Å². The molecule has 8 heteroatoms. The standard InChI is InChI=1S/C19H21F2N3O3/c20-13-6-7-16(15(21)11-13)23-18(26)24-19(8-2-1-3-9-19)17(25)22-12-14-5-4-10-27-14/h4-7,10-11H,1-3,8-9,12H2,(H,22,25)(H2,23,24,26). The zero-order valence-corrected chi connectivity index (χ0v) is 14.7. The summed E-state index contributed by atoms with van der Waals surface area (Å²) in [7, 11) is 0. The number of rotatable bonds is 5. The van der Waals surface area contributed by atoms with Gasteiger partial charge in [0.25, 0.3) is 0 Å². The van der Waals surface area contributed by atoms with E-state index in [9.17, 15) is 18.4 Å². The Labute approximate surface area is 155 Å². The molecule has 0 saturated heterocycles. The minimum atomic E-state index is -1.08. The molecule has 0 aliphatic heterocycles. The predicted octanol–water partition coefficient (Wildman–Crippen LogP) is 3.70. The Balaban J connectivity index is 1.67. The smallest absolute Gasteiger partial charge is 0.320 e. The Morgan fingerprint density at radius 2 is 1.89 bits per heavy atom. The fraction of sp³-hybridized carbons (Fsp3) is 0.368. The molecule has 0 atom stereocenters. The van der Waals surface area contributed by atoms with Gasteiger partial charge >= 0.3 is 6.03 Å². The molecule has 3 rings (SSSR count). The van der Waals surface area contributed by atoms with Gasteiger partial charge in [0.2, 0.25) is 5.91 Å². The van der Waals surface area contributed by atoms with Crippen LogP contribution in [-0.2, 0) is 11.3 Å². The molecule has 0 bridgehead atoms. The normalized spacial score (nSPS) is 15.8. The van der Waals surface area contributed by atoms with Gasteiger partial charge in [-0.2, -0.15) is 0 Å². The van der Waals surface area contributed by atoms with Gasteiger partial charge in [0.15, 0.2) is 0 Å². The maximum Gasteiger partial charge on any atom is 0.320 e. The van der Waals surface area contributed by atoms with E-state index in [4.69, 9.17) is 4.42 Å². The third kappa shape index (κ3) is 4.64. The summed E-state index contributed by atoms with van der Waals surface area (Å²) in [6, 6.07) is 5.61. The van der Waals surface area contributed by atoms with E-state index in [-0.39, 0.29) is 18.1 Å². The maximum atomic E-state index is 13.7. The van der Waals surface area contributed by atoms with Crippen LogP contribution in [0.2, 0.25) is 0 Å². The molecule has 0 radical (unpaired) electrons. The zero-order valence-electron chi connectivity index (χ0n) is 14.7. The molecule has 1 aromatic carbocycles. The van der Waals surface area contributed by atoms with Crippen molar-refractivity contribution in [2.75, 3.05) is 5.32 Å². The molecule has 3 amide bonds. The van der Waals surface area contributed by atoms with E-state index in [1.807, 2.05) is 0 Å². The van der Waals surface area contributed by atoms with Gasteiger partial charge in [0.05, 0.1) is 18.5 Å². The first-order chi connectivity index (χ1) is 13.0. The summed E-state index contributed by atoms with van der Waals surface area (Å²) in [6.45, 7) is 0.212. The lowest BCUT2D eigenvalue weighted by molar-refractivity contribution is -0.128. The minimum Gasteiger partial charge on any atom is -0.467 e. The molecular weight excluding hydrogens is 356 g/mol. The lowest BCUT2D eigenvalue weighted by Gasteiger charge is -2.36. The van der Waals surface area contributed by atoms with Crippen molar-refractivity contribution in [3.63, 3.8) is 0 Å². The van der Waals surface area contributed by atoms with Crippen LogP contribution in [0.5, 0.6) is 0 Å². The number of carbonyl (C=O) groups is 2. The van der Waals surface area contributed by atoms with Gasteiger partial charge in [0, 0.05) is 6.07 Å². The number of halogens is 2. The Morgan fingerprint density at radius 3 is 2.56 bits per heavy atom. The van der Waals surface area contributed by atoms with Gasteiger partial charge in [-0.15, -0.1) is 0 Å².